The van der Waals surface area contributed by atoms with Crippen LogP contribution in [0.25, 0.3) is 11.0 Å². The Balaban J connectivity index is 2.00. The number of aromatic hydroxyl groups is 1. The Morgan fingerprint density at radius 2 is 2.19 bits per heavy atom. The minimum Gasteiger partial charge on any atom is -0.494 e. The second kappa shape index (κ2) is 5.09. The summed E-state index contributed by atoms with van der Waals surface area (Å²) in [6.07, 6.45) is 3.16. The molecule has 6 heteroatoms. The van der Waals surface area contributed by atoms with Crippen molar-refractivity contribution in [1.29, 1.82) is 0 Å². The number of carbonyl (C=O) groups is 1. The van der Waals surface area contributed by atoms with Gasteiger partial charge < -0.3 is 15.8 Å². The predicted molar refractivity (Wildman–Crippen MR) is 80.0 cm³/mol. The zero-order valence-corrected chi connectivity index (χ0v) is 10.9. The van der Waals surface area contributed by atoms with Crippen molar-refractivity contribution in [2.45, 2.75) is 0 Å². The SMILES string of the molecule is NC(=O)c1cccc(N=Cc2c(O)[nH]c3ncccc23)c1. The Kier molecular flexibility index (Phi) is 3.12. The molecule has 3 aromatic rings. The number of H-pyrrole nitrogens is 1. The Morgan fingerprint density at radius 1 is 1.33 bits per heavy atom. The third-order valence-electron chi connectivity index (χ3n) is 3.06. The Morgan fingerprint density at radius 3 is 3.00 bits per heavy atom. The van der Waals surface area contributed by atoms with E-state index in [9.17, 15) is 9.90 Å². The first-order chi connectivity index (χ1) is 10.1. The second-order valence-corrected chi connectivity index (χ2v) is 4.46. The summed E-state index contributed by atoms with van der Waals surface area (Å²) in [6, 6.07) is 10.3. The number of pyridine rings is 1. The fourth-order valence-electron chi connectivity index (χ4n) is 2.04. The van der Waals surface area contributed by atoms with Gasteiger partial charge in [-0.1, -0.05) is 6.07 Å². The summed E-state index contributed by atoms with van der Waals surface area (Å²) in [5.41, 5.74) is 7.31. The van der Waals surface area contributed by atoms with Gasteiger partial charge in [0.1, 0.15) is 5.65 Å². The van der Waals surface area contributed by atoms with E-state index in [1.54, 1.807) is 36.5 Å². The Bertz CT molecular complexity index is 852. The van der Waals surface area contributed by atoms with E-state index < -0.39 is 5.91 Å². The van der Waals surface area contributed by atoms with Crippen LogP contribution in [0.2, 0.25) is 0 Å². The zero-order chi connectivity index (χ0) is 14.8. The minimum absolute atomic E-state index is 0.00138. The molecule has 0 aliphatic rings. The summed E-state index contributed by atoms with van der Waals surface area (Å²) < 4.78 is 0. The fraction of sp³-hybridized carbons (Fsp3) is 0. The normalized spacial score (nSPS) is 11.2. The maximum absolute atomic E-state index is 11.1. The van der Waals surface area contributed by atoms with Gasteiger partial charge in [-0.25, -0.2) is 4.98 Å². The van der Waals surface area contributed by atoms with E-state index in [4.69, 9.17) is 5.73 Å². The molecule has 0 saturated heterocycles. The van der Waals surface area contributed by atoms with Crippen molar-refractivity contribution in [3.05, 3.63) is 53.7 Å². The van der Waals surface area contributed by atoms with Gasteiger partial charge in [-0.05, 0) is 30.3 Å². The van der Waals surface area contributed by atoms with Crippen LogP contribution in [0.5, 0.6) is 5.88 Å². The van der Waals surface area contributed by atoms with Crippen LogP contribution in [0.15, 0.2) is 47.6 Å². The molecule has 2 aromatic heterocycles. The topological polar surface area (TPSA) is 104 Å². The molecule has 3 rings (SSSR count). The van der Waals surface area contributed by atoms with E-state index in [1.807, 2.05) is 6.07 Å². The number of amides is 1. The molecule has 0 bridgehead atoms. The number of fused-ring (bicyclic) bond motifs is 1. The molecule has 1 amide bonds. The number of aliphatic imine (C=N–C) groups is 1. The Labute approximate surface area is 120 Å². The van der Waals surface area contributed by atoms with Gasteiger partial charge >= 0.3 is 0 Å². The molecular weight excluding hydrogens is 268 g/mol. The average Bonchev–Trinajstić information content (AvgIpc) is 2.81. The highest BCUT2D eigenvalue weighted by Crippen LogP contribution is 2.24. The van der Waals surface area contributed by atoms with E-state index in [-0.39, 0.29) is 5.88 Å². The lowest BCUT2D eigenvalue weighted by molar-refractivity contribution is 0.100. The van der Waals surface area contributed by atoms with Crippen LogP contribution in [0.3, 0.4) is 0 Å². The molecule has 0 radical (unpaired) electrons. The van der Waals surface area contributed by atoms with Crippen LogP contribution in [-0.2, 0) is 0 Å². The van der Waals surface area contributed by atoms with Crippen LogP contribution in [0.1, 0.15) is 15.9 Å². The number of nitrogens with one attached hydrogen (secondary N) is 1. The van der Waals surface area contributed by atoms with Crippen LogP contribution >= 0.6 is 0 Å². The lowest BCUT2D eigenvalue weighted by atomic mass is 10.2. The first kappa shape index (κ1) is 12.9. The zero-order valence-electron chi connectivity index (χ0n) is 10.9. The molecule has 1 aromatic carbocycles. The molecule has 0 atom stereocenters. The summed E-state index contributed by atoms with van der Waals surface area (Å²) in [6.45, 7) is 0. The number of aromatic amines is 1. The van der Waals surface area contributed by atoms with Gasteiger partial charge in [-0.15, -0.1) is 0 Å². The number of primary amides is 1. The number of hydrogen-bond acceptors (Lipinski definition) is 4. The average molecular weight is 280 g/mol. The van der Waals surface area contributed by atoms with Crippen LogP contribution < -0.4 is 5.73 Å². The lowest BCUT2D eigenvalue weighted by Crippen LogP contribution is -2.10. The minimum atomic E-state index is -0.508. The number of nitrogens with two attached hydrogens (primary N) is 1. The van der Waals surface area contributed by atoms with Gasteiger partial charge in [0.2, 0.25) is 5.91 Å². The highest BCUT2D eigenvalue weighted by molar-refractivity contribution is 6.01. The van der Waals surface area contributed by atoms with Gasteiger partial charge in [-0.3, -0.25) is 9.79 Å². The quantitative estimate of drug-likeness (QED) is 0.640. The number of carbonyl (C=O) groups excluding carboxylic acids is 1. The maximum atomic E-state index is 11.1. The third-order valence-corrected chi connectivity index (χ3v) is 3.06. The molecule has 0 aliphatic heterocycles. The van der Waals surface area contributed by atoms with E-state index in [1.165, 1.54) is 6.21 Å². The molecule has 0 saturated carbocycles. The second-order valence-electron chi connectivity index (χ2n) is 4.46. The standard InChI is InChI=1S/C15H12N4O2/c16-13(20)9-3-1-4-10(7-9)18-8-12-11-5-2-6-17-14(11)19-15(12)21/h1-8,21H,(H2,16,20)(H,17,19). The predicted octanol–water partition coefficient (Wildman–Crippen LogP) is 2.12. The summed E-state index contributed by atoms with van der Waals surface area (Å²) in [4.78, 5) is 22.3. The molecule has 0 fully saturated rings. The number of benzene rings is 1. The van der Waals surface area contributed by atoms with Gasteiger partial charge in [0.15, 0.2) is 5.88 Å². The number of hydrogen-bond donors (Lipinski definition) is 3. The molecule has 104 valence electrons. The molecule has 2 heterocycles. The van der Waals surface area contributed by atoms with Gasteiger partial charge in [0.05, 0.1) is 11.3 Å². The Hall–Kier alpha value is -3.15. The number of nitrogens with zero attached hydrogens (tertiary/aromatic N) is 2. The molecule has 0 spiro atoms. The first-order valence-electron chi connectivity index (χ1n) is 6.25. The van der Waals surface area contributed by atoms with Crippen LogP contribution in [-0.4, -0.2) is 27.2 Å². The monoisotopic (exact) mass is 280 g/mol. The van der Waals surface area contributed by atoms with Gasteiger partial charge in [0.25, 0.3) is 0 Å². The first-order valence-corrected chi connectivity index (χ1v) is 6.25. The van der Waals surface area contributed by atoms with E-state index >= 15 is 0 Å². The molecule has 0 unspecified atom stereocenters. The smallest absolute Gasteiger partial charge is 0.248 e. The van der Waals surface area contributed by atoms with Crippen LogP contribution in [0.4, 0.5) is 5.69 Å². The highest BCUT2D eigenvalue weighted by Gasteiger charge is 2.08. The van der Waals surface area contributed by atoms with Crippen molar-refractivity contribution in [1.82, 2.24) is 9.97 Å². The van der Waals surface area contributed by atoms with Crippen molar-refractivity contribution < 1.29 is 9.90 Å². The van der Waals surface area contributed by atoms with Gasteiger partial charge in [-0.2, -0.15) is 0 Å². The summed E-state index contributed by atoms with van der Waals surface area (Å²) in [5, 5.41) is 10.7. The largest absolute Gasteiger partial charge is 0.494 e. The summed E-state index contributed by atoms with van der Waals surface area (Å²) in [7, 11) is 0. The van der Waals surface area contributed by atoms with Crippen molar-refractivity contribution in [3.63, 3.8) is 0 Å². The van der Waals surface area contributed by atoms with Crippen molar-refractivity contribution in [2.75, 3.05) is 0 Å². The van der Waals surface area contributed by atoms with Crippen molar-refractivity contribution >= 4 is 28.8 Å². The molecule has 6 nitrogen and oxygen atoms in total. The summed E-state index contributed by atoms with van der Waals surface area (Å²) in [5.74, 6) is -0.510. The molecule has 0 aliphatic carbocycles. The fourth-order valence-corrected chi connectivity index (χ4v) is 2.04. The third kappa shape index (κ3) is 2.46. The lowest BCUT2D eigenvalue weighted by Gasteiger charge is -1.97. The van der Waals surface area contributed by atoms with Crippen molar-refractivity contribution in [3.8, 4) is 5.88 Å². The van der Waals surface area contributed by atoms with E-state index in [0.29, 0.717) is 22.5 Å². The summed E-state index contributed by atoms with van der Waals surface area (Å²) >= 11 is 0. The molecular formula is C15H12N4O2. The number of aromatic nitrogens is 2. The maximum Gasteiger partial charge on any atom is 0.248 e. The number of rotatable bonds is 3. The van der Waals surface area contributed by atoms with E-state index in [0.717, 1.165) is 5.39 Å². The van der Waals surface area contributed by atoms with E-state index in [2.05, 4.69) is 15.0 Å². The molecule has 21 heavy (non-hydrogen) atoms. The van der Waals surface area contributed by atoms with Crippen molar-refractivity contribution in [2.24, 2.45) is 10.7 Å². The molecule has 4 N–H and O–H groups in total. The van der Waals surface area contributed by atoms with Crippen LogP contribution in [0, 0.1) is 0 Å². The highest BCUT2D eigenvalue weighted by atomic mass is 16.3. The van der Waals surface area contributed by atoms with Gasteiger partial charge in [0, 0.05) is 23.4 Å².